The molecule has 3 atom stereocenters. The van der Waals surface area contributed by atoms with Crippen LogP contribution >= 0.6 is 11.8 Å². The predicted octanol–water partition coefficient (Wildman–Crippen LogP) is 2.10. The van der Waals surface area contributed by atoms with Crippen molar-refractivity contribution in [3.8, 4) is 0 Å². The SMILES string of the molecule is CC1CN(C2(CN)CCCSC2C)CC(C)(C)O1. The van der Waals surface area contributed by atoms with Crippen LogP contribution in [0.5, 0.6) is 0 Å². The zero-order valence-electron chi connectivity index (χ0n) is 12.2. The van der Waals surface area contributed by atoms with Crippen LogP contribution in [0.1, 0.15) is 40.5 Å². The van der Waals surface area contributed by atoms with E-state index >= 15 is 0 Å². The minimum absolute atomic E-state index is 0.0539. The normalized spacial score (nSPS) is 41.8. The molecule has 0 aromatic heterocycles. The molecule has 0 bridgehead atoms. The van der Waals surface area contributed by atoms with E-state index in [1.807, 2.05) is 0 Å². The molecular formula is C14H28N2OS. The number of nitrogens with two attached hydrogens (primary N) is 1. The first-order valence-electron chi connectivity index (χ1n) is 7.14. The van der Waals surface area contributed by atoms with E-state index in [0.717, 1.165) is 19.6 Å². The highest BCUT2D eigenvalue weighted by Crippen LogP contribution is 2.40. The number of morpholine rings is 1. The monoisotopic (exact) mass is 272 g/mol. The van der Waals surface area contributed by atoms with Crippen LogP contribution in [0.3, 0.4) is 0 Å². The van der Waals surface area contributed by atoms with Gasteiger partial charge in [0, 0.05) is 30.4 Å². The van der Waals surface area contributed by atoms with Crippen molar-refractivity contribution in [2.75, 3.05) is 25.4 Å². The summed E-state index contributed by atoms with van der Waals surface area (Å²) in [6, 6.07) is 0. The van der Waals surface area contributed by atoms with Crippen LogP contribution in [-0.4, -0.2) is 52.8 Å². The van der Waals surface area contributed by atoms with Gasteiger partial charge in [-0.25, -0.2) is 0 Å². The molecule has 0 radical (unpaired) electrons. The highest BCUT2D eigenvalue weighted by Gasteiger charge is 2.47. The van der Waals surface area contributed by atoms with Gasteiger partial charge >= 0.3 is 0 Å². The number of hydrogen-bond acceptors (Lipinski definition) is 4. The van der Waals surface area contributed by atoms with E-state index in [1.54, 1.807) is 0 Å². The fourth-order valence-electron chi connectivity index (χ4n) is 3.60. The lowest BCUT2D eigenvalue weighted by atomic mass is 9.85. The molecule has 0 aromatic rings. The van der Waals surface area contributed by atoms with Gasteiger partial charge in [0.05, 0.1) is 11.7 Å². The van der Waals surface area contributed by atoms with Crippen molar-refractivity contribution >= 4 is 11.8 Å². The van der Waals surface area contributed by atoms with Crippen molar-refractivity contribution in [2.24, 2.45) is 5.73 Å². The van der Waals surface area contributed by atoms with Crippen molar-refractivity contribution in [1.82, 2.24) is 4.90 Å². The third-order valence-corrected chi connectivity index (χ3v) is 5.89. The highest BCUT2D eigenvalue weighted by molar-refractivity contribution is 8.00. The van der Waals surface area contributed by atoms with Crippen LogP contribution in [0.15, 0.2) is 0 Å². The zero-order chi connectivity index (χ0) is 13.4. The summed E-state index contributed by atoms with van der Waals surface area (Å²) in [6.07, 6.45) is 2.83. The summed E-state index contributed by atoms with van der Waals surface area (Å²) in [5, 5.41) is 0.623. The summed E-state index contributed by atoms with van der Waals surface area (Å²) in [6.45, 7) is 11.7. The van der Waals surface area contributed by atoms with Gasteiger partial charge in [-0.1, -0.05) is 6.92 Å². The number of thioether (sulfide) groups is 1. The molecule has 0 aromatic carbocycles. The van der Waals surface area contributed by atoms with Crippen molar-refractivity contribution < 1.29 is 4.74 Å². The van der Waals surface area contributed by atoms with Crippen molar-refractivity contribution in [3.63, 3.8) is 0 Å². The molecule has 0 aliphatic carbocycles. The minimum atomic E-state index is -0.0539. The summed E-state index contributed by atoms with van der Waals surface area (Å²) in [4.78, 5) is 2.62. The van der Waals surface area contributed by atoms with Gasteiger partial charge in [-0.05, 0) is 39.4 Å². The molecule has 2 fully saturated rings. The average Bonchev–Trinajstić information content (AvgIpc) is 2.27. The zero-order valence-corrected chi connectivity index (χ0v) is 13.1. The van der Waals surface area contributed by atoms with E-state index < -0.39 is 0 Å². The topological polar surface area (TPSA) is 38.5 Å². The van der Waals surface area contributed by atoms with Crippen molar-refractivity contribution in [1.29, 1.82) is 0 Å². The van der Waals surface area contributed by atoms with Crippen molar-refractivity contribution in [3.05, 3.63) is 0 Å². The molecular weight excluding hydrogens is 244 g/mol. The van der Waals surface area contributed by atoms with Crippen LogP contribution in [0, 0.1) is 0 Å². The Kier molecular flexibility index (Phi) is 4.32. The van der Waals surface area contributed by atoms with Gasteiger partial charge in [0.25, 0.3) is 0 Å². The number of nitrogens with zero attached hydrogens (tertiary/aromatic N) is 1. The highest BCUT2D eigenvalue weighted by atomic mass is 32.2. The van der Waals surface area contributed by atoms with Crippen LogP contribution < -0.4 is 5.73 Å². The second kappa shape index (κ2) is 5.31. The Hall–Kier alpha value is 0.230. The second-order valence-electron chi connectivity index (χ2n) is 6.49. The first-order chi connectivity index (χ1) is 8.39. The lowest BCUT2D eigenvalue weighted by Crippen LogP contribution is -2.67. The summed E-state index contributed by atoms with van der Waals surface area (Å²) >= 11 is 2.08. The van der Waals surface area contributed by atoms with E-state index in [2.05, 4.69) is 44.4 Å². The Balaban J connectivity index is 2.20. The van der Waals surface area contributed by atoms with Gasteiger partial charge in [0.1, 0.15) is 0 Å². The van der Waals surface area contributed by atoms with Gasteiger partial charge in [0.15, 0.2) is 0 Å². The molecule has 3 nitrogen and oxygen atoms in total. The standard InChI is InChI=1S/C14H28N2OS/c1-11-8-16(10-13(3,4)17-11)14(9-15)6-5-7-18-12(14)2/h11-12H,5-10,15H2,1-4H3. The lowest BCUT2D eigenvalue weighted by molar-refractivity contribution is -0.153. The molecule has 2 heterocycles. The van der Waals surface area contributed by atoms with Gasteiger partial charge in [-0.15, -0.1) is 0 Å². The smallest absolute Gasteiger partial charge is 0.0757 e. The number of hydrogen-bond donors (Lipinski definition) is 1. The van der Waals surface area contributed by atoms with Gasteiger partial charge in [-0.2, -0.15) is 11.8 Å². The first kappa shape index (κ1) is 14.6. The molecule has 2 saturated heterocycles. The fraction of sp³-hybridized carbons (Fsp3) is 1.00. The van der Waals surface area contributed by atoms with Crippen LogP contribution in [0.25, 0.3) is 0 Å². The Bertz CT molecular complexity index is 298. The fourth-order valence-corrected chi connectivity index (χ4v) is 4.94. The molecule has 2 aliphatic heterocycles. The van der Waals surface area contributed by atoms with E-state index in [9.17, 15) is 0 Å². The molecule has 2 aliphatic rings. The van der Waals surface area contributed by atoms with Gasteiger partial charge in [-0.3, -0.25) is 4.90 Å². The second-order valence-corrected chi connectivity index (χ2v) is 7.94. The van der Waals surface area contributed by atoms with Gasteiger partial charge in [0.2, 0.25) is 0 Å². The maximum absolute atomic E-state index is 6.20. The average molecular weight is 272 g/mol. The summed E-state index contributed by atoms with van der Waals surface area (Å²) in [7, 11) is 0. The number of ether oxygens (including phenoxy) is 1. The quantitative estimate of drug-likeness (QED) is 0.835. The maximum Gasteiger partial charge on any atom is 0.0757 e. The first-order valence-corrected chi connectivity index (χ1v) is 8.19. The Morgan fingerprint density at radius 2 is 2.11 bits per heavy atom. The molecule has 0 saturated carbocycles. The molecule has 2 rings (SSSR count). The van der Waals surface area contributed by atoms with Crippen LogP contribution in [0.2, 0.25) is 0 Å². The van der Waals surface area contributed by atoms with Crippen LogP contribution in [-0.2, 0) is 4.74 Å². The lowest BCUT2D eigenvalue weighted by Gasteiger charge is -2.55. The van der Waals surface area contributed by atoms with E-state index in [4.69, 9.17) is 10.5 Å². The summed E-state index contributed by atoms with van der Waals surface area (Å²) < 4.78 is 6.03. The number of rotatable bonds is 2. The van der Waals surface area contributed by atoms with E-state index in [0.29, 0.717) is 11.4 Å². The Morgan fingerprint density at radius 1 is 1.39 bits per heavy atom. The van der Waals surface area contributed by atoms with Crippen molar-refractivity contribution in [2.45, 2.75) is 63.0 Å². The molecule has 0 amide bonds. The van der Waals surface area contributed by atoms with Crippen LogP contribution in [0.4, 0.5) is 0 Å². The third-order valence-electron chi connectivity index (χ3n) is 4.43. The molecule has 18 heavy (non-hydrogen) atoms. The molecule has 3 unspecified atom stereocenters. The summed E-state index contributed by atoms with van der Waals surface area (Å²) in [5.74, 6) is 1.28. The van der Waals surface area contributed by atoms with E-state index in [-0.39, 0.29) is 11.1 Å². The Labute approximate surface area is 116 Å². The minimum Gasteiger partial charge on any atom is -0.370 e. The molecule has 2 N–H and O–H groups in total. The summed E-state index contributed by atoms with van der Waals surface area (Å²) in [5.41, 5.74) is 6.32. The predicted molar refractivity (Wildman–Crippen MR) is 79.1 cm³/mol. The molecule has 106 valence electrons. The molecule has 0 spiro atoms. The third kappa shape index (κ3) is 2.72. The Morgan fingerprint density at radius 3 is 2.67 bits per heavy atom. The largest absolute Gasteiger partial charge is 0.370 e. The van der Waals surface area contributed by atoms with E-state index in [1.165, 1.54) is 18.6 Å². The molecule has 4 heteroatoms. The van der Waals surface area contributed by atoms with Gasteiger partial charge < -0.3 is 10.5 Å². The maximum atomic E-state index is 6.20.